The van der Waals surface area contributed by atoms with E-state index in [2.05, 4.69) is 25.0 Å². The number of nitrogens with zero attached hydrogens (tertiary/aromatic N) is 3. The standard InChI is InChI=1S/C20H22ClF3N4O3/c1-10(2)16(29)7-17-26-11(3)5-15(28-17)18(30)27-12(4)13-6-14(21)19(25-8-13)31-9-20(22,23)24/h5-6,8,10,12H,7,9H2,1-4H3,(H,27,30). The lowest BCUT2D eigenvalue weighted by Gasteiger charge is -2.16. The molecule has 11 heteroatoms. The Bertz CT molecular complexity index is 967. The Morgan fingerprint density at radius 1 is 1.19 bits per heavy atom. The van der Waals surface area contributed by atoms with Gasteiger partial charge in [0.2, 0.25) is 5.88 Å². The minimum Gasteiger partial charge on any atom is -0.467 e. The molecule has 31 heavy (non-hydrogen) atoms. The van der Waals surface area contributed by atoms with Crippen molar-refractivity contribution in [2.45, 2.75) is 46.3 Å². The van der Waals surface area contributed by atoms with Crippen LogP contribution in [0.1, 0.15) is 54.4 Å². The van der Waals surface area contributed by atoms with Gasteiger partial charge >= 0.3 is 6.18 Å². The molecule has 1 amide bonds. The Hall–Kier alpha value is -2.75. The Kier molecular flexibility index (Phi) is 7.94. The number of rotatable bonds is 8. The summed E-state index contributed by atoms with van der Waals surface area (Å²) in [5.41, 5.74) is 1.09. The largest absolute Gasteiger partial charge is 0.467 e. The van der Waals surface area contributed by atoms with E-state index in [1.807, 2.05) is 0 Å². The molecule has 2 heterocycles. The summed E-state index contributed by atoms with van der Waals surface area (Å²) in [5.74, 6) is -0.829. The van der Waals surface area contributed by atoms with Gasteiger partial charge in [0, 0.05) is 17.8 Å². The molecular formula is C20H22ClF3N4O3. The normalized spacial score (nSPS) is 12.5. The van der Waals surface area contributed by atoms with Gasteiger partial charge in [-0.05, 0) is 31.5 Å². The van der Waals surface area contributed by atoms with E-state index in [1.54, 1.807) is 27.7 Å². The number of nitrogens with one attached hydrogen (secondary N) is 1. The molecule has 0 fully saturated rings. The number of halogens is 4. The zero-order chi connectivity index (χ0) is 23.3. The van der Waals surface area contributed by atoms with E-state index in [9.17, 15) is 22.8 Å². The molecule has 168 valence electrons. The van der Waals surface area contributed by atoms with Crippen molar-refractivity contribution in [3.05, 3.63) is 46.1 Å². The molecule has 0 spiro atoms. The van der Waals surface area contributed by atoms with Crippen molar-refractivity contribution >= 4 is 23.3 Å². The second-order valence-corrected chi connectivity index (χ2v) is 7.67. The number of amides is 1. The van der Waals surface area contributed by atoms with Crippen molar-refractivity contribution in [1.82, 2.24) is 20.3 Å². The number of hydrogen-bond acceptors (Lipinski definition) is 6. The van der Waals surface area contributed by atoms with Crippen LogP contribution in [0.15, 0.2) is 18.3 Å². The zero-order valence-electron chi connectivity index (χ0n) is 17.4. The maximum absolute atomic E-state index is 12.6. The predicted octanol–water partition coefficient (Wildman–Crippen LogP) is 4.03. The van der Waals surface area contributed by atoms with Crippen LogP contribution in [0.3, 0.4) is 0 Å². The number of ketones is 1. The summed E-state index contributed by atoms with van der Waals surface area (Å²) in [6, 6.07) is 2.28. The number of pyridine rings is 1. The van der Waals surface area contributed by atoms with E-state index in [0.717, 1.165) is 0 Å². The number of alkyl halides is 3. The Morgan fingerprint density at radius 2 is 1.87 bits per heavy atom. The Balaban J connectivity index is 2.11. The first-order valence-electron chi connectivity index (χ1n) is 9.39. The van der Waals surface area contributed by atoms with Gasteiger partial charge in [-0.25, -0.2) is 15.0 Å². The molecule has 0 aliphatic heterocycles. The van der Waals surface area contributed by atoms with E-state index < -0.39 is 24.7 Å². The van der Waals surface area contributed by atoms with Crippen molar-refractivity contribution < 1.29 is 27.5 Å². The summed E-state index contributed by atoms with van der Waals surface area (Å²) in [6.07, 6.45) is -3.23. The van der Waals surface area contributed by atoms with Crippen LogP contribution in [0.4, 0.5) is 13.2 Å². The first kappa shape index (κ1) is 24.5. The fourth-order valence-corrected chi connectivity index (χ4v) is 2.70. The van der Waals surface area contributed by atoms with Gasteiger partial charge in [-0.2, -0.15) is 13.2 Å². The van der Waals surface area contributed by atoms with Crippen LogP contribution in [0.5, 0.6) is 5.88 Å². The SMILES string of the molecule is Cc1cc(C(=O)NC(C)c2cnc(OCC(F)(F)F)c(Cl)c2)nc(CC(=O)C(C)C)n1. The molecule has 1 unspecified atom stereocenters. The summed E-state index contributed by atoms with van der Waals surface area (Å²) in [7, 11) is 0. The lowest BCUT2D eigenvalue weighted by atomic mass is 10.1. The first-order chi connectivity index (χ1) is 14.4. The molecule has 0 radical (unpaired) electrons. The highest BCUT2D eigenvalue weighted by Gasteiger charge is 2.29. The Morgan fingerprint density at radius 3 is 2.45 bits per heavy atom. The van der Waals surface area contributed by atoms with E-state index in [-0.39, 0.29) is 40.5 Å². The number of carbonyl (C=O) groups is 2. The van der Waals surface area contributed by atoms with Crippen LogP contribution in [-0.4, -0.2) is 39.4 Å². The van der Waals surface area contributed by atoms with Crippen LogP contribution in [-0.2, 0) is 11.2 Å². The molecule has 0 aliphatic rings. The quantitative estimate of drug-likeness (QED) is 0.641. The fraction of sp³-hybridized carbons (Fsp3) is 0.450. The minimum atomic E-state index is -4.51. The van der Waals surface area contributed by atoms with E-state index in [1.165, 1.54) is 18.3 Å². The molecule has 2 rings (SSSR count). The van der Waals surface area contributed by atoms with Gasteiger partial charge < -0.3 is 10.1 Å². The number of aryl methyl sites for hydroxylation is 1. The van der Waals surface area contributed by atoms with Crippen LogP contribution in [0, 0.1) is 12.8 Å². The van der Waals surface area contributed by atoms with Gasteiger partial charge in [0.05, 0.1) is 12.5 Å². The van der Waals surface area contributed by atoms with Crippen LogP contribution in [0.25, 0.3) is 0 Å². The van der Waals surface area contributed by atoms with Gasteiger partial charge in [-0.15, -0.1) is 0 Å². The average molecular weight is 459 g/mol. The number of Topliss-reactive ketones (excluding diaryl/α,β-unsaturated/α-hetero) is 1. The fourth-order valence-electron chi connectivity index (χ4n) is 2.47. The van der Waals surface area contributed by atoms with Crippen LogP contribution < -0.4 is 10.1 Å². The van der Waals surface area contributed by atoms with Crippen molar-refractivity contribution in [1.29, 1.82) is 0 Å². The second kappa shape index (κ2) is 10.0. The molecule has 7 nitrogen and oxygen atoms in total. The lowest BCUT2D eigenvalue weighted by molar-refractivity contribution is -0.154. The molecular weight excluding hydrogens is 437 g/mol. The highest BCUT2D eigenvalue weighted by molar-refractivity contribution is 6.31. The highest BCUT2D eigenvalue weighted by Crippen LogP contribution is 2.27. The molecule has 2 aromatic heterocycles. The molecule has 1 N–H and O–H groups in total. The summed E-state index contributed by atoms with van der Waals surface area (Å²) in [6.45, 7) is 5.37. The van der Waals surface area contributed by atoms with Gasteiger partial charge in [0.15, 0.2) is 6.61 Å². The average Bonchev–Trinajstić information content (AvgIpc) is 2.65. The highest BCUT2D eigenvalue weighted by atomic mass is 35.5. The van der Waals surface area contributed by atoms with Gasteiger partial charge in [0.25, 0.3) is 5.91 Å². The topological polar surface area (TPSA) is 94.1 Å². The molecule has 2 aromatic rings. The Labute approximate surface area is 182 Å². The van der Waals surface area contributed by atoms with Crippen molar-refractivity contribution in [3.63, 3.8) is 0 Å². The summed E-state index contributed by atoms with van der Waals surface area (Å²) in [5, 5.41) is 2.60. The molecule has 0 bridgehead atoms. The maximum atomic E-state index is 12.6. The lowest BCUT2D eigenvalue weighted by Crippen LogP contribution is -2.28. The monoisotopic (exact) mass is 458 g/mol. The minimum absolute atomic E-state index is 0.0219. The van der Waals surface area contributed by atoms with Gasteiger partial charge in [-0.1, -0.05) is 25.4 Å². The van der Waals surface area contributed by atoms with Crippen molar-refractivity contribution in [3.8, 4) is 5.88 Å². The van der Waals surface area contributed by atoms with Crippen molar-refractivity contribution in [2.75, 3.05) is 6.61 Å². The van der Waals surface area contributed by atoms with E-state index in [0.29, 0.717) is 11.3 Å². The smallest absolute Gasteiger partial charge is 0.422 e. The third kappa shape index (κ3) is 7.46. The summed E-state index contributed by atoms with van der Waals surface area (Å²) >= 11 is 5.95. The number of carbonyl (C=O) groups excluding carboxylic acids is 2. The number of hydrogen-bond donors (Lipinski definition) is 1. The molecule has 0 aliphatic carbocycles. The van der Waals surface area contributed by atoms with E-state index >= 15 is 0 Å². The maximum Gasteiger partial charge on any atom is 0.422 e. The van der Waals surface area contributed by atoms with Crippen LogP contribution >= 0.6 is 11.6 Å². The molecule has 0 saturated carbocycles. The van der Waals surface area contributed by atoms with Crippen molar-refractivity contribution in [2.24, 2.45) is 5.92 Å². The predicted molar refractivity (Wildman–Crippen MR) is 107 cm³/mol. The zero-order valence-corrected chi connectivity index (χ0v) is 18.1. The van der Waals surface area contributed by atoms with Gasteiger partial charge in [0.1, 0.15) is 22.3 Å². The van der Waals surface area contributed by atoms with E-state index in [4.69, 9.17) is 11.6 Å². The molecule has 0 aromatic carbocycles. The second-order valence-electron chi connectivity index (χ2n) is 7.26. The first-order valence-corrected chi connectivity index (χ1v) is 9.76. The number of aromatic nitrogens is 3. The third-order valence-corrected chi connectivity index (χ3v) is 4.43. The summed E-state index contributed by atoms with van der Waals surface area (Å²) in [4.78, 5) is 36.7. The third-order valence-electron chi connectivity index (χ3n) is 4.16. The number of ether oxygens (including phenoxy) is 1. The molecule has 0 saturated heterocycles. The van der Waals surface area contributed by atoms with Crippen LogP contribution in [0.2, 0.25) is 5.02 Å². The van der Waals surface area contributed by atoms with Gasteiger partial charge in [-0.3, -0.25) is 9.59 Å². The summed E-state index contributed by atoms with van der Waals surface area (Å²) < 4.78 is 41.4. The molecule has 1 atom stereocenters.